The van der Waals surface area contributed by atoms with Crippen molar-refractivity contribution in [1.82, 2.24) is 10.3 Å². The number of nitrogens with two attached hydrogens (primary N) is 1. The minimum absolute atomic E-state index is 0.218. The van der Waals surface area contributed by atoms with Gasteiger partial charge in [0.1, 0.15) is 0 Å². The van der Waals surface area contributed by atoms with Gasteiger partial charge in [-0.25, -0.2) is 4.79 Å². The van der Waals surface area contributed by atoms with E-state index in [0.29, 0.717) is 13.1 Å². The van der Waals surface area contributed by atoms with Crippen LogP contribution < -0.4 is 16.4 Å². The van der Waals surface area contributed by atoms with Crippen LogP contribution in [0.3, 0.4) is 0 Å². The lowest BCUT2D eigenvalue weighted by Gasteiger charge is -2.05. The molecule has 0 unspecified atom stereocenters. The van der Waals surface area contributed by atoms with Crippen LogP contribution >= 0.6 is 0 Å². The molecular weight excluding hydrogens is 180 g/mol. The lowest BCUT2D eigenvalue weighted by Crippen LogP contribution is -2.30. The van der Waals surface area contributed by atoms with Crippen LogP contribution in [0.5, 0.6) is 0 Å². The number of nitrogens with zero attached hydrogens (tertiary/aromatic N) is 1. The van der Waals surface area contributed by atoms with Gasteiger partial charge in [0, 0.05) is 24.6 Å². The fourth-order valence-electron chi connectivity index (χ4n) is 0.915. The fourth-order valence-corrected chi connectivity index (χ4v) is 0.915. The zero-order valence-electron chi connectivity index (χ0n) is 7.86. The summed E-state index contributed by atoms with van der Waals surface area (Å²) in [5.41, 5.74) is 6.01. The Kier molecular flexibility index (Phi) is 4.43. The molecule has 4 N–H and O–H groups in total. The topological polar surface area (TPSA) is 80.0 Å². The Morgan fingerprint density at radius 2 is 2.14 bits per heavy atom. The number of carbonyl (C=O) groups excluding carboxylic acids is 1. The van der Waals surface area contributed by atoms with Gasteiger partial charge < -0.3 is 16.4 Å². The van der Waals surface area contributed by atoms with Crippen molar-refractivity contribution in [2.45, 2.75) is 6.42 Å². The first kappa shape index (κ1) is 10.5. The predicted octanol–water partition coefficient (Wildman–Crippen LogP) is 0.552. The molecule has 2 amide bonds. The molecular formula is C9H14N4O. The summed E-state index contributed by atoms with van der Waals surface area (Å²) in [7, 11) is 0. The van der Waals surface area contributed by atoms with Crippen LogP contribution in [0.1, 0.15) is 6.42 Å². The highest BCUT2D eigenvalue weighted by Gasteiger charge is 1.98. The van der Waals surface area contributed by atoms with E-state index >= 15 is 0 Å². The van der Waals surface area contributed by atoms with Crippen molar-refractivity contribution < 1.29 is 4.79 Å². The zero-order chi connectivity index (χ0) is 10.2. The van der Waals surface area contributed by atoms with Crippen molar-refractivity contribution in [3.63, 3.8) is 0 Å². The quantitative estimate of drug-likeness (QED) is 0.612. The number of carbonyl (C=O) groups is 1. The van der Waals surface area contributed by atoms with Crippen LogP contribution in [-0.2, 0) is 0 Å². The molecule has 5 heteroatoms. The standard InChI is InChI=1S/C9H14N4O/c10-4-1-5-12-9(14)13-8-2-6-11-7-3-8/h2-3,6-7H,1,4-5,10H2,(H2,11,12,13,14). The van der Waals surface area contributed by atoms with E-state index in [2.05, 4.69) is 15.6 Å². The normalized spacial score (nSPS) is 9.50. The summed E-state index contributed by atoms with van der Waals surface area (Å²) in [4.78, 5) is 15.0. The second-order valence-corrected chi connectivity index (χ2v) is 2.76. The van der Waals surface area contributed by atoms with Crippen molar-refractivity contribution in [1.29, 1.82) is 0 Å². The highest BCUT2D eigenvalue weighted by Crippen LogP contribution is 2.01. The third kappa shape index (κ3) is 3.86. The molecule has 0 saturated carbocycles. The minimum atomic E-state index is -0.218. The van der Waals surface area contributed by atoms with Crippen molar-refractivity contribution >= 4 is 11.7 Å². The SMILES string of the molecule is NCCCNC(=O)Nc1ccncc1. The molecule has 14 heavy (non-hydrogen) atoms. The molecule has 1 aromatic heterocycles. The molecule has 1 rings (SSSR count). The second-order valence-electron chi connectivity index (χ2n) is 2.76. The second kappa shape index (κ2) is 5.93. The summed E-state index contributed by atoms with van der Waals surface area (Å²) >= 11 is 0. The molecule has 0 aromatic carbocycles. The Balaban J connectivity index is 2.27. The highest BCUT2D eigenvalue weighted by molar-refractivity contribution is 5.88. The lowest BCUT2D eigenvalue weighted by atomic mass is 10.4. The smallest absolute Gasteiger partial charge is 0.319 e. The molecule has 0 atom stereocenters. The number of amides is 2. The lowest BCUT2D eigenvalue weighted by molar-refractivity contribution is 0.252. The maximum atomic E-state index is 11.2. The predicted molar refractivity (Wildman–Crippen MR) is 54.9 cm³/mol. The maximum absolute atomic E-state index is 11.2. The van der Waals surface area contributed by atoms with Crippen LogP contribution in [-0.4, -0.2) is 24.1 Å². The highest BCUT2D eigenvalue weighted by atomic mass is 16.2. The van der Waals surface area contributed by atoms with Crippen molar-refractivity contribution in [2.24, 2.45) is 5.73 Å². The van der Waals surface area contributed by atoms with Gasteiger partial charge in [-0.05, 0) is 25.1 Å². The molecule has 0 aliphatic rings. The molecule has 0 bridgehead atoms. The first-order chi connectivity index (χ1) is 6.83. The van der Waals surface area contributed by atoms with Crippen LogP contribution in [0.2, 0.25) is 0 Å². The summed E-state index contributed by atoms with van der Waals surface area (Å²) in [6.07, 6.45) is 4.02. The van der Waals surface area contributed by atoms with E-state index in [4.69, 9.17) is 5.73 Å². The third-order valence-electron chi connectivity index (χ3n) is 1.60. The largest absolute Gasteiger partial charge is 0.338 e. The van der Waals surface area contributed by atoms with Gasteiger partial charge in [0.05, 0.1) is 0 Å². The zero-order valence-corrected chi connectivity index (χ0v) is 7.86. The van der Waals surface area contributed by atoms with Gasteiger partial charge in [0.25, 0.3) is 0 Å². The number of rotatable bonds is 4. The van der Waals surface area contributed by atoms with Gasteiger partial charge in [0.2, 0.25) is 0 Å². The van der Waals surface area contributed by atoms with Crippen LogP contribution in [0.25, 0.3) is 0 Å². The Morgan fingerprint density at radius 3 is 2.79 bits per heavy atom. The number of anilines is 1. The summed E-state index contributed by atoms with van der Waals surface area (Å²) < 4.78 is 0. The number of nitrogens with one attached hydrogen (secondary N) is 2. The summed E-state index contributed by atoms with van der Waals surface area (Å²) in [6.45, 7) is 1.17. The monoisotopic (exact) mass is 194 g/mol. The fraction of sp³-hybridized carbons (Fsp3) is 0.333. The van der Waals surface area contributed by atoms with Crippen LogP contribution in [0.15, 0.2) is 24.5 Å². The number of aromatic nitrogens is 1. The van der Waals surface area contributed by atoms with Gasteiger partial charge >= 0.3 is 6.03 Å². The Hall–Kier alpha value is -1.62. The van der Waals surface area contributed by atoms with Gasteiger partial charge in [-0.1, -0.05) is 0 Å². The van der Waals surface area contributed by atoms with Crippen molar-refractivity contribution in [3.05, 3.63) is 24.5 Å². The Morgan fingerprint density at radius 1 is 1.43 bits per heavy atom. The molecule has 0 fully saturated rings. The van der Waals surface area contributed by atoms with Gasteiger partial charge in [-0.15, -0.1) is 0 Å². The molecule has 0 spiro atoms. The van der Waals surface area contributed by atoms with E-state index < -0.39 is 0 Å². The molecule has 0 aliphatic heterocycles. The molecule has 1 aromatic rings. The summed E-state index contributed by atoms with van der Waals surface area (Å²) in [5, 5.41) is 5.35. The van der Waals surface area contributed by atoms with E-state index in [1.807, 2.05) is 0 Å². The van der Waals surface area contributed by atoms with Crippen LogP contribution in [0.4, 0.5) is 10.5 Å². The molecule has 0 radical (unpaired) electrons. The Labute approximate surface area is 82.7 Å². The number of urea groups is 1. The molecule has 76 valence electrons. The first-order valence-corrected chi connectivity index (χ1v) is 4.48. The molecule has 1 heterocycles. The number of hydrogen-bond acceptors (Lipinski definition) is 3. The van der Waals surface area contributed by atoms with E-state index in [1.54, 1.807) is 24.5 Å². The average molecular weight is 194 g/mol. The minimum Gasteiger partial charge on any atom is -0.338 e. The number of hydrogen-bond donors (Lipinski definition) is 3. The number of pyridine rings is 1. The van der Waals surface area contributed by atoms with Gasteiger partial charge in [-0.3, -0.25) is 4.98 Å². The van der Waals surface area contributed by atoms with Gasteiger partial charge in [0.15, 0.2) is 0 Å². The van der Waals surface area contributed by atoms with Crippen LogP contribution in [0, 0.1) is 0 Å². The Bertz CT molecular complexity index is 275. The first-order valence-electron chi connectivity index (χ1n) is 4.48. The van der Waals surface area contributed by atoms with E-state index in [-0.39, 0.29) is 6.03 Å². The van der Waals surface area contributed by atoms with Crippen molar-refractivity contribution in [2.75, 3.05) is 18.4 Å². The van der Waals surface area contributed by atoms with Gasteiger partial charge in [-0.2, -0.15) is 0 Å². The van der Waals surface area contributed by atoms with Crippen molar-refractivity contribution in [3.8, 4) is 0 Å². The average Bonchev–Trinajstić information content (AvgIpc) is 2.20. The molecule has 0 saturated heterocycles. The summed E-state index contributed by atoms with van der Waals surface area (Å²) in [5.74, 6) is 0. The molecule has 5 nitrogen and oxygen atoms in total. The molecule has 0 aliphatic carbocycles. The maximum Gasteiger partial charge on any atom is 0.319 e. The third-order valence-corrected chi connectivity index (χ3v) is 1.60. The summed E-state index contributed by atoms with van der Waals surface area (Å²) in [6, 6.07) is 3.23. The van der Waals surface area contributed by atoms with E-state index in [0.717, 1.165) is 12.1 Å². The van der Waals surface area contributed by atoms with E-state index in [1.165, 1.54) is 0 Å². The van der Waals surface area contributed by atoms with E-state index in [9.17, 15) is 4.79 Å².